The second kappa shape index (κ2) is 11.0. The highest BCUT2D eigenvalue weighted by Gasteiger charge is 2.49. The number of hydrogen-bond donors (Lipinski definition) is 2. The number of aliphatic hydroxyl groups is 2. The van der Waals surface area contributed by atoms with Gasteiger partial charge in [-0.1, -0.05) is 6.58 Å². The first-order valence-corrected chi connectivity index (χ1v) is 13.1. The first-order chi connectivity index (χ1) is 16.4. The molecule has 2 N–H and O–H groups in total. The predicted molar refractivity (Wildman–Crippen MR) is 122 cm³/mol. The lowest BCUT2D eigenvalue weighted by atomic mass is 9.87. The SMILES string of the molecule is C=C1CO[C@@H](CC[C@@H]2C[C@@H](O)C(C3C[C@@H](O)[C@H]4O[C@@H](CC(=O)C[C@@H]5CCOC5)CCC4O3)O2)C1. The van der Waals surface area contributed by atoms with Gasteiger partial charge in [0.15, 0.2) is 0 Å². The number of ketones is 1. The molecule has 0 aromatic carbocycles. The van der Waals surface area contributed by atoms with Crippen LogP contribution in [0.2, 0.25) is 0 Å². The molecule has 10 atom stereocenters. The van der Waals surface area contributed by atoms with Gasteiger partial charge in [-0.25, -0.2) is 0 Å². The summed E-state index contributed by atoms with van der Waals surface area (Å²) in [5.74, 6) is 0.545. The van der Waals surface area contributed by atoms with Gasteiger partial charge in [-0.2, -0.15) is 0 Å². The van der Waals surface area contributed by atoms with Crippen LogP contribution in [0.5, 0.6) is 0 Å². The molecule has 5 aliphatic rings. The van der Waals surface area contributed by atoms with Crippen LogP contribution < -0.4 is 0 Å². The molecule has 0 aromatic heterocycles. The maximum atomic E-state index is 12.5. The number of Topliss-reactive ketones (excluding diaryl/α,β-unsaturated/α-hetero) is 1. The number of hydrogen-bond acceptors (Lipinski definition) is 8. The fourth-order valence-corrected chi connectivity index (χ4v) is 6.32. The molecule has 5 fully saturated rings. The van der Waals surface area contributed by atoms with E-state index in [1.54, 1.807) is 0 Å². The molecular weight excluding hydrogens is 440 g/mol. The Hall–Kier alpha value is -0.870. The highest BCUT2D eigenvalue weighted by atomic mass is 16.6. The summed E-state index contributed by atoms with van der Waals surface area (Å²) in [6, 6.07) is 0. The van der Waals surface area contributed by atoms with Crippen molar-refractivity contribution in [2.75, 3.05) is 19.8 Å². The number of fused-ring (bicyclic) bond motifs is 1. The fourth-order valence-electron chi connectivity index (χ4n) is 6.32. The molecule has 5 saturated heterocycles. The Balaban J connectivity index is 1.08. The van der Waals surface area contributed by atoms with E-state index in [-0.39, 0.29) is 36.3 Å². The third-order valence-electron chi connectivity index (χ3n) is 8.14. The number of rotatable bonds is 8. The van der Waals surface area contributed by atoms with Crippen LogP contribution in [0.3, 0.4) is 0 Å². The molecule has 34 heavy (non-hydrogen) atoms. The van der Waals surface area contributed by atoms with Gasteiger partial charge in [0.1, 0.15) is 18.0 Å². The van der Waals surface area contributed by atoms with Crippen molar-refractivity contribution in [3.8, 4) is 0 Å². The number of aliphatic hydroxyl groups excluding tert-OH is 2. The quantitative estimate of drug-likeness (QED) is 0.509. The van der Waals surface area contributed by atoms with E-state index in [0.717, 1.165) is 50.7 Å². The Morgan fingerprint density at radius 1 is 0.882 bits per heavy atom. The average molecular weight is 481 g/mol. The summed E-state index contributed by atoms with van der Waals surface area (Å²) >= 11 is 0. The summed E-state index contributed by atoms with van der Waals surface area (Å²) < 4.78 is 29.8. The lowest BCUT2D eigenvalue weighted by molar-refractivity contribution is -0.247. The molecule has 192 valence electrons. The summed E-state index contributed by atoms with van der Waals surface area (Å²) in [5, 5.41) is 21.5. The van der Waals surface area contributed by atoms with E-state index in [4.69, 9.17) is 23.7 Å². The fraction of sp³-hybridized carbons (Fsp3) is 0.885. The van der Waals surface area contributed by atoms with Crippen LogP contribution >= 0.6 is 0 Å². The lowest BCUT2D eigenvalue weighted by Gasteiger charge is -2.46. The molecule has 0 radical (unpaired) electrons. The molecule has 8 heteroatoms. The molecule has 0 spiro atoms. The van der Waals surface area contributed by atoms with Gasteiger partial charge in [0.05, 0.1) is 49.3 Å². The Kier molecular flexibility index (Phi) is 8.05. The van der Waals surface area contributed by atoms with Gasteiger partial charge in [-0.05, 0) is 50.0 Å². The normalized spacial score (nSPS) is 44.9. The molecular formula is C26H40O8. The van der Waals surface area contributed by atoms with Crippen LogP contribution in [0.15, 0.2) is 12.2 Å². The highest BCUT2D eigenvalue weighted by Crippen LogP contribution is 2.38. The van der Waals surface area contributed by atoms with Crippen molar-refractivity contribution >= 4 is 5.78 Å². The topological polar surface area (TPSA) is 104 Å². The summed E-state index contributed by atoms with van der Waals surface area (Å²) in [5.41, 5.74) is 1.14. The first kappa shape index (κ1) is 24.8. The summed E-state index contributed by atoms with van der Waals surface area (Å²) in [6.45, 7) is 6.05. The molecule has 5 aliphatic heterocycles. The van der Waals surface area contributed by atoms with E-state index in [2.05, 4.69) is 6.58 Å². The Bertz CT molecular complexity index is 722. The van der Waals surface area contributed by atoms with Crippen LogP contribution in [0.1, 0.15) is 64.2 Å². The van der Waals surface area contributed by atoms with Gasteiger partial charge >= 0.3 is 0 Å². The van der Waals surface area contributed by atoms with Crippen LogP contribution in [0.25, 0.3) is 0 Å². The minimum Gasteiger partial charge on any atom is -0.390 e. The second-order valence-electron chi connectivity index (χ2n) is 11.0. The molecule has 0 amide bonds. The van der Waals surface area contributed by atoms with Gasteiger partial charge in [-0.15, -0.1) is 0 Å². The van der Waals surface area contributed by atoms with Gasteiger partial charge in [0, 0.05) is 38.9 Å². The Labute approximate surface area is 201 Å². The first-order valence-electron chi connectivity index (χ1n) is 13.1. The van der Waals surface area contributed by atoms with Crippen molar-refractivity contribution in [2.24, 2.45) is 5.92 Å². The van der Waals surface area contributed by atoms with Crippen LogP contribution in [-0.2, 0) is 28.5 Å². The summed E-state index contributed by atoms with van der Waals surface area (Å²) in [4.78, 5) is 12.5. The standard InChI is InChI=1S/C26H40O8/c1-15-8-18(31-13-15)2-3-20-11-21(28)26(33-20)24-12-22(29)25-23(34-24)5-4-19(32-25)10-17(27)9-16-6-7-30-14-16/h16,18-26,28-29H,1-14H2/t16-,18-,19+,20+,21+,22+,23?,24?,25+,26?/m0/s1. The number of carbonyl (C=O) groups excluding carboxylic acids is 1. The van der Waals surface area contributed by atoms with E-state index >= 15 is 0 Å². The smallest absolute Gasteiger partial charge is 0.135 e. The Morgan fingerprint density at radius 2 is 1.65 bits per heavy atom. The van der Waals surface area contributed by atoms with E-state index in [9.17, 15) is 15.0 Å². The average Bonchev–Trinajstić information content (AvgIpc) is 3.54. The zero-order valence-electron chi connectivity index (χ0n) is 20.0. The predicted octanol–water partition coefficient (Wildman–Crippen LogP) is 2.08. The minimum absolute atomic E-state index is 0.0285. The monoisotopic (exact) mass is 480 g/mol. The van der Waals surface area contributed by atoms with Crippen molar-refractivity contribution in [1.29, 1.82) is 0 Å². The summed E-state index contributed by atoms with van der Waals surface area (Å²) in [7, 11) is 0. The molecule has 8 nitrogen and oxygen atoms in total. The zero-order chi connectivity index (χ0) is 23.7. The molecule has 0 saturated carbocycles. The van der Waals surface area contributed by atoms with Crippen LogP contribution in [0, 0.1) is 5.92 Å². The van der Waals surface area contributed by atoms with Crippen LogP contribution in [0.4, 0.5) is 0 Å². The van der Waals surface area contributed by atoms with E-state index in [1.807, 2.05) is 0 Å². The van der Waals surface area contributed by atoms with E-state index in [1.165, 1.54) is 0 Å². The second-order valence-corrected chi connectivity index (χ2v) is 11.0. The van der Waals surface area contributed by atoms with Crippen molar-refractivity contribution in [2.45, 2.75) is 119 Å². The third kappa shape index (κ3) is 5.91. The van der Waals surface area contributed by atoms with Crippen molar-refractivity contribution in [1.82, 2.24) is 0 Å². The molecule has 0 aliphatic carbocycles. The van der Waals surface area contributed by atoms with Crippen molar-refractivity contribution in [3.05, 3.63) is 12.2 Å². The molecule has 0 bridgehead atoms. The number of ether oxygens (including phenoxy) is 5. The van der Waals surface area contributed by atoms with Crippen molar-refractivity contribution < 1.29 is 38.7 Å². The van der Waals surface area contributed by atoms with Crippen LogP contribution in [-0.4, -0.2) is 90.8 Å². The largest absolute Gasteiger partial charge is 0.390 e. The molecule has 5 heterocycles. The van der Waals surface area contributed by atoms with Gasteiger partial charge < -0.3 is 33.9 Å². The van der Waals surface area contributed by atoms with Gasteiger partial charge in [0.25, 0.3) is 0 Å². The molecule has 5 rings (SSSR count). The minimum atomic E-state index is -0.697. The third-order valence-corrected chi connectivity index (χ3v) is 8.14. The van der Waals surface area contributed by atoms with E-state index in [0.29, 0.717) is 44.8 Å². The van der Waals surface area contributed by atoms with E-state index < -0.39 is 24.4 Å². The van der Waals surface area contributed by atoms with Gasteiger partial charge in [0.2, 0.25) is 0 Å². The lowest BCUT2D eigenvalue weighted by Crippen LogP contribution is -2.57. The molecule has 0 aromatic rings. The number of carbonyl (C=O) groups is 1. The highest BCUT2D eigenvalue weighted by molar-refractivity contribution is 5.79. The van der Waals surface area contributed by atoms with Crippen molar-refractivity contribution in [3.63, 3.8) is 0 Å². The zero-order valence-corrected chi connectivity index (χ0v) is 20.0. The summed E-state index contributed by atoms with van der Waals surface area (Å²) in [6.07, 6.45) is 4.17. The maximum Gasteiger partial charge on any atom is 0.135 e. The molecule has 3 unspecified atom stereocenters. The Morgan fingerprint density at radius 3 is 2.41 bits per heavy atom. The maximum absolute atomic E-state index is 12.5. The van der Waals surface area contributed by atoms with Gasteiger partial charge in [-0.3, -0.25) is 4.79 Å².